The molecule has 0 spiro atoms. The Morgan fingerprint density at radius 2 is 1.85 bits per heavy atom. The van der Waals surface area contributed by atoms with Crippen LogP contribution in [-0.2, 0) is 20.8 Å². The van der Waals surface area contributed by atoms with E-state index in [1.54, 1.807) is 44.9 Å². The number of carbonyl (C=O) groups excluding carboxylic acids is 3. The number of carbonyl (C=O) groups is 4. The average molecular weight is 664 g/mol. The van der Waals surface area contributed by atoms with Crippen LogP contribution in [0.3, 0.4) is 0 Å². The predicted molar refractivity (Wildman–Crippen MR) is 169 cm³/mol. The maximum absolute atomic E-state index is 14.3. The van der Waals surface area contributed by atoms with Crippen molar-refractivity contribution < 1.29 is 42.5 Å². The number of likely N-dealkylation sites (tertiary alicyclic amines) is 1. The van der Waals surface area contributed by atoms with E-state index < -0.39 is 17.6 Å². The molecule has 2 bridgehead atoms. The summed E-state index contributed by atoms with van der Waals surface area (Å²) in [6.45, 7) is 1.36. The second-order valence-corrected chi connectivity index (χ2v) is 11.3. The van der Waals surface area contributed by atoms with Crippen molar-refractivity contribution in [3.63, 3.8) is 0 Å². The normalized spacial score (nSPS) is 18.0. The van der Waals surface area contributed by atoms with Gasteiger partial charge < -0.3 is 29.7 Å². The second kappa shape index (κ2) is 15.4. The SMILES string of the molecule is COc1ccc2cc1OCCN(C(=O)c1ccn3nccc3c1)CCCNC(=O)[C@H]1CN(C(=O)Cc3ccc(F)cc3F)C[C@H]21.O=CO. The van der Waals surface area contributed by atoms with Gasteiger partial charge in [0.15, 0.2) is 11.5 Å². The molecule has 4 heterocycles. The Labute approximate surface area is 274 Å². The molecular weight excluding hydrogens is 628 g/mol. The first-order valence-corrected chi connectivity index (χ1v) is 15.3. The minimum atomic E-state index is -0.786. The van der Waals surface area contributed by atoms with Crippen LogP contribution in [0.5, 0.6) is 11.5 Å². The van der Waals surface area contributed by atoms with Gasteiger partial charge in [0.25, 0.3) is 12.4 Å². The first-order valence-electron chi connectivity index (χ1n) is 15.3. The van der Waals surface area contributed by atoms with Crippen molar-refractivity contribution in [2.45, 2.75) is 18.8 Å². The minimum absolute atomic E-state index is 0.0913. The zero-order valence-electron chi connectivity index (χ0n) is 26.2. The first kappa shape index (κ1) is 33.8. The molecule has 2 N–H and O–H groups in total. The van der Waals surface area contributed by atoms with Crippen molar-refractivity contribution in [2.24, 2.45) is 5.92 Å². The number of pyridine rings is 1. The number of methoxy groups -OCH3 is 1. The molecule has 4 aromatic rings. The third kappa shape index (κ3) is 7.70. The topological polar surface area (TPSA) is 143 Å². The van der Waals surface area contributed by atoms with Gasteiger partial charge in [-0.3, -0.25) is 19.2 Å². The van der Waals surface area contributed by atoms with Crippen LogP contribution >= 0.6 is 0 Å². The lowest BCUT2D eigenvalue weighted by molar-refractivity contribution is -0.130. The maximum Gasteiger partial charge on any atom is 0.290 e. The zero-order chi connectivity index (χ0) is 34.2. The van der Waals surface area contributed by atoms with Crippen LogP contribution in [0.25, 0.3) is 5.52 Å². The molecule has 12 nitrogen and oxygen atoms in total. The number of carboxylic acid groups (broad SMARTS) is 1. The number of fused-ring (bicyclic) bond motifs is 5. The standard InChI is InChI=1S/C33H33F2N5O5.CH2O2/c1-44-29-6-4-21-16-30(29)45-14-13-38(33(43)23-8-12-40-25(15-23)7-10-37-40)11-2-9-36-32(42)27-20-39(19-26(21)27)31(41)17-22-3-5-24(34)18-28(22)35;2-1-3/h3-8,10,12,15-16,18,26-27H,2,9,11,13-14,17,19-20H2,1H3,(H,36,42);1H,(H,2,3)/t26-,27+;/m1./s1. The smallest absolute Gasteiger partial charge is 0.290 e. The third-order valence-corrected chi connectivity index (χ3v) is 8.44. The van der Waals surface area contributed by atoms with Crippen LogP contribution in [0.2, 0.25) is 0 Å². The van der Waals surface area contributed by atoms with Gasteiger partial charge in [0.1, 0.15) is 18.2 Å². The largest absolute Gasteiger partial charge is 0.493 e. The highest BCUT2D eigenvalue weighted by atomic mass is 19.1. The zero-order valence-corrected chi connectivity index (χ0v) is 26.2. The Bertz CT molecular complexity index is 1800. The third-order valence-electron chi connectivity index (χ3n) is 8.44. The summed E-state index contributed by atoms with van der Waals surface area (Å²) in [5.74, 6) is -2.21. The molecule has 3 amide bonds. The molecule has 2 aromatic carbocycles. The number of aromatic nitrogens is 2. The molecule has 2 aromatic heterocycles. The molecule has 2 atom stereocenters. The van der Waals surface area contributed by atoms with E-state index in [1.165, 1.54) is 13.2 Å². The summed E-state index contributed by atoms with van der Waals surface area (Å²) in [5, 5.41) is 14.1. The van der Waals surface area contributed by atoms with Gasteiger partial charge in [0.05, 0.1) is 31.5 Å². The van der Waals surface area contributed by atoms with Gasteiger partial charge in [-0.2, -0.15) is 5.10 Å². The Morgan fingerprint density at radius 1 is 1.06 bits per heavy atom. The lowest BCUT2D eigenvalue weighted by Gasteiger charge is -2.25. The Hall–Kier alpha value is -5.53. The van der Waals surface area contributed by atoms with E-state index in [4.69, 9.17) is 19.4 Å². The molecule has 0 aliphatic carbocycles. The second-order valence-electron chi connectivity index (χ2n) is 11.3. The van der Waals surface area contributed by atoms with Crippen molar-refractivity contribution in [1.82, 2.24) is 24.7 Å². The van der Waals surface area contributed by atoms with Crippen molar-refractivity contribution in [3.8, 4) is 11.5 Å². The highest BCUT2D eigenvalue weighted by molar-refractivity contribution is 5.95. The summed E-state index contributed by atoms with van der Waals surface area (Å²) in [5.41, 5.74) is 2.20. The fourth-order valence-electron chi connectivity index (χ4n) is 6.02. The molecule has 0 saturated carbocycles. The molecule has 0 unspecified atom stereocenters. The van der Waals surface area contributed by atoms with Crippen LogP contribution in [0.15, 0.2) is 67.0 Å². The van der Waals surface area contributed by atoms with Crippen LogP contribution < -0.4 is 14.8 Å². The van der Waals surface area contributed by atoms with Crippen molar-refractivity contribution in [3.05, 3.63) is 95.3 Å². The number of benzene rings is 2. The highest BCUT2D eigenvalue weighted by Gasteiger charge is 2.40. The van der Waals surface area contributed by atoms with E-state index in [9.17, 15) is 23.2 Å². The highest BCUT2D eigenvalue weighted by Crippen LogP contribution is 2.38. The molecule has 0 radical (unpaired) electrons. The van der Waals surface area contributed by atoms with Crippen LogP contribution in [0.4, 0.5) is 8.78 Å². The van der Waals surface area contributed by atoms with E-state index in [1.807, 2.05) is 18.2 Å². The van der Waals surface area contributed by atoms with Crippen LogP contribution in [0.1, 0.15) is 33.8 Å². The molecule has 1 fully saturated rings. The molecule has 6 rings (SSSR count). The fraction of sp³-hybridized carbons (Fsp3) is 0.324. The van der Waals surface area contributed by atoms with E-state index >= 15 is 0 Å². The van der Waals surface area contributed by atoms with E-state index in [0.29, 0.717) is 43.1 Å². The van der Waals surface area contributed by atoms with Gasteiger partial charge in [-0.05, 0) is 53.9 Å². The first-order chi connectivity index (χ1) is 23.2. The molecule has 1 saturated heterocycles. The van der Waals surface area contributed by atoms with Crippen molar-refractivity contribution in [1.29, 1.82) is 0 Å². The predicted octanol–water partition coefficient (Wildman–Crippen LogP) is 3.15. The molecule has 2 aliphatic rings. The summed E-state index contributed by atoms with van der Waals surface area (Å²) in [7, 11) is 1.53. The van der Waals surface area contributed by atoms with E-state index in [-0.39, 0.29) is 61.8 Å². The minimum Gasteiger partial charge on any atom is -0.493 e. The Morgan fingerprint density at radius 3 is 2.62 bits per heavy atom. The van der Waals surface area contributed by atoms with Gasteiger partial charge >= 0.3 is 0 Å². The fourth-order valence-corrected chi connectivity index (χ4v) is 6.02. The van der Waals surface area contributed by atoms with Crippen molar-refractivity contribution in [2.75, 3.05) is 46.4 Å². The number of rotatable bonds is 4. The average Bonchev–Trinajstić information content (AvgIpc) is 3.74. The number of hydrogen-bond donors (Lipinski definition) is 2. The Kier molecular flexibility index (Phi) is 10.8. The van der Waals surface area contributed by atoms with Gasteiger partial charge in [0, 0.05) is 56.1 Å². The number of ether oxygens (including phenoxy) is 2. The number of amides is 3. The van der Waals surface area contributed by atoms with Gasteiger partial charge in [-0.25, -0.2) is 13.3 Å². The van der Waals surface area contributed by atoms with Gasteiger partial charge in [-0.15, -0.1) is 0 Å². The maximum atomic E-state index is 14.3. The summed E-state index contributed by atoms with van der Waals surface area (Å²) in [6, 6.07) is 13.9. The molecule has 48 heavy (non-hydrogen) atoms. The molecule has 2 aliphatic heterocycles. The lowest BCUT2D eigenvalue weighted by Crippen LogP contribution is -2.39. The van der Waals surface area contributed by atoms with Gasteiger partial charge in [-0.1, -0.05) is 12.1 Å². The van der Waals surface area contributed by atoms with Crippen molar-refractivity contribution >= 4 is 29.7 Å². The van der Waals surface area contributed by atoms with Crippen LogP contribution in [0, 0.1) is 17.6 Å². The van der Waals surface area contributed by atoms with E-state index in [0.717, 1.165) is 23.2 Å². The summed E-state index contributed by atoms with van der Waals surface area (Å²) < 4.78 is 41.1. The molecule has 252 valence electrons. The quantitative estimate of drug-likeness (QED) is 0.317. The number of nitrogens with one attached hydrogen (secondary N) is 1. The van der Waals surface area contributed by atoms with Gasteiger partial charge in [0.2, 0.25) is 11.8 Å². The number of halogens is 2. The summed E-state index contributed by atoms with van der Waals surface area (Å²) in [4.78, 5) is 51.9. The Balaban J connectivity index is 0.00000145. The number of hydrogen-bond acceptors (Lipinski definition) is 7. The van der Waals surface area contributed by atoms with Crippen LogP contribution in [-0.4, -0.2) is 95.2 Å². The van der Waals surface area contributed by atoms with E-state index in [2.05, 4.69) is 10.4 Å². The molecular formula is C34H35F2N5O7. The summed E-state index contributed by atoms with van der Waals surface area (Å²) in [6.07, 6.45) is 3.66. The number of nitrogens with zero attached hydrogens (tertiary/aromatic N) is 4. The molecule has 14 heteroatoms. The summed E-state index contributed by atoms with van der Waals surface area (Å²) >= 11 is 0. The monoisotopic (exact) mass is 663 g/mol. The lowest BCUT2D eigenvalue weighted by atomic mass is 9.88.